The quantitative estimate of drug-likeness (QED) is 0.181. The molecule has 2 aliphatic carbocycles. The van der Waals surface area contributed by atoms with Crippen LogP contribution in [0.3, 0.4) is 0 Å². The van der Waals surface area contributed by atoms with E-state index in [1.165, 1.54) is 64.8 Å². The third kappa shape index (κ3) is 4.53. The van der Waals surface area contributed by atoms with E-state index in [0.29, 0.717) is 0 Å². The molecule has 6 nitrogen and oxygen atoms in total. The van der Waals surface area contributed by atoms with Crippen molar-refractivity contribution in [2.75, 3.05) is 6.54 Å². The van der Waals surface area contributed by atoms with Gasteiger partial charge in [0.05, 0.1) is 23.1 Å². The number of hydrogen-bond acceptors (Lipinski definition) is 5. The molecule has 6 aromatic rings. The molecule has 3 N–H and O–H groups in total. The molecule has 0 amide bonds. The minimum atomic E-state index is 0.780. The van der Waals surface area contributed by atoms with Crippen molar-refractivity contribution in [3.63, 3.8) is 0 Å². The average molecular weight is 545 g/mol. The van der Waals surface area contributed by atoms with E-state index in [-0.39, 0.29) is 0 Å². The van der Waals surface area contributed by atoms with Crippen LogP contribution in [0.1, 0.15) is 54.9 Å². The van der Waals surface area contributed by atoms with E-state index in [4.69, 9.17) is 10.1 Å². The number of H-pyrrole nitrogens is 2. The highest BCUT2D eigenvalue weighted by Gasteiger charge is 2.25. The number of rotatable bonds is 8. The van der Waals surface area contributed by atoms with Gasteiger partial charge in [-0.1, -0.05) is 25.0 Å². The third-order valence-electron chi connectivity index (χ3n) is 8.57. The van der Waals surface area contributed by atoms with Gasteiger partial charge in [0.25, 0.3) is 0 Å². The molecule has 5 aromatic heterocycles. The second kappa shape index (κ2) is 9.98. The average Bonchev–Trinajstić information content (AvgIpc) is 3.42. The van der Waals surface area contributed by atoms with E-state index in [1.807, 2.05) is 29.9 Å². The number of benzene rings is 1. The zero-order valence-corrected chi connectivity index (χ0v) is 23.2. The Morgan fingerprint density at radius 3 is 2.73 bits per heavy atom. The van der Waals surface area contributed by atoms with Crippen LogP contribution < -0.4 is 5.32 Å². The lowest BCUT2D eigenvalue weighted by atomic mass is 10.1. The molecule has 0 unspecified atom stereocenters. The summed E-state index contributed by atoms with van der Waals surface area (Å²) in [6, 6.07) is 17.7. The Balaban J connectivity index is 1.10. The van der Waals surface area contributed by atoms with Gasteiger partial charge in [-0.25, -0.2) is 0 Å². The topological polar surface area (TPSA) is 82.3 Å². The Kier molecular flexibility index (Phi) is 6.00. The maximum Gasteiger partial charge on any atom is 0.116 e. The summed E-state index contributed by atoms with van der Waals surface area (Å²) in [5, 5.41) is 13.8. The molecular formula is C33H32N6S. The Labute approximate surface area is 237 Å². The van der Waals surface area contributed by atoms with Crippen LogP contribution in [0.4, 0.5) is 0 Å². The van der Waals surface area contributed by atoms with Crippen LogP contribution >= 0.6 is 11.3 Å². The molecular weight excluding hydrogens is 512 g/mol. The lowest BCUT2D eigenvalue weighted by molar-refractivity contribution is 0.489. The fourth-order valence-electron chi connectivity index (χ4n) is 6.22. The zero-order valence-electron chi connectivity index (χ0n) is 22.4. The van der Waals surface area contributed by atoms with Crippen LogP contribution in [-0.2, 0) is 6.54 Å². The van der Waals surface area contributed by atoms with Gasteiger partial charge in [-0.15, -0.1) is 11.3 Å². The predicted octanol–water partition coefficient (Wildman–Crippen LogP) is 8.05. The summed E-state index contributed by atoms with van der Waals surface area (Å²) in [6.07, 6.45) is 13.9. The minimum Gasteiger partial charge on any atom is -0.353 e. The summed E-state index contributed by atoms with van der Waals surface area (Å²) in [5.74, 6) is 1.60. The Morgan fingerprint density at radius 1 is 0.900 bits per heavy atom. The van der Waals surface area contributed by atoms with Crippen LogP contribution in [0, 0.1) is 5.92 Å². The van der Waals surface area contributed by atoms with Gasteiger partial charge in [0.15, 0.2) is 0 Å². The van der Waals surface area contributed by atoms with E-state index in [0.717, 1.165) is 64.0 Å². The van der Waals surface area contributed by atoms with E-state index in [9.17, 15) is 0 Å². The van der Waals surface area contributed by atoms with E-state index in [2.05, 4.69) is 68.9 Å². The normalized spacial score (nSPS) is 16.0. The van der Waals surface area contributed by atoms with Crippen molar-refractivity contribution in [3.05, 3.63) is 77.6 Å². The number of nitrogens with one attached hydrogen (secondary N) is 3. The molecule has 2 saturated carbocycles. The summed E-state index contributed by atoms with van der Waals surface area (Å²) in [5.41, 5.74) is 8.37. The second-order valence-corrected chi connectivity index (χ2v) is 12.6. The van der Waals surface area contributed by atoms with E-state index < -0.39 is 0 Å². The SMILES string of the molecule is c1cc(-c2ccc(C3CC3)s2)c2cc(-c3n[nH]c4cnc(-c5cncc(CNCC6CCCC6)c5)cc34)[nH]c2c1. The summed E-state index contributed by atoms with van der Waals surface area (Å²) in [6.45, 7) is 1.92. The van der Waals surface area contributed by atoms with Crippen molar-refractivity contribution in [2.45, 2.75) is 51.0 Å². The third-order valence-corrected chi connectivity index (χ3v) is 9.85. The van der Waals surface area contributed by atoms with Crippen molar-refractivity contribution < 1.29 is 0 Å². The maximum atomic E-state index is 4.75. The largest absolute Gasteiger partial charge is 0.353 e. The first-order chi connectivity index (χ1) is 19.8. The molecule has 0 saturated heterocycles. The molecule has 0 bridgehead atoms. The lowest BCUT2D eigenvalue weighted by Crippen LogP contribution is -2.20. The number of hydrogen-bond donors (Lipinski definition) is 3. The molecule has 1 aromatic carbocycles. The van der Waals surface area contributed by atoms with E-state index in [1.54, 1.807) is 0 Å². The summed E-state index contributed by atoms with van der Waals surface area (Å²) >= 11 is 1.94. The number of thiophene rings is 1. The fraction of sp³-hybridized carbons (Fsp3) is 0.303. The van der Waals surface area contributed by atoms with Gasteiger partial charge in [-0.2, -0.15) is 5.10 Å². The van der Waals surface area contributed by atoms with Gasteiger partial charge < -0.3 is 10.3 Å². The summed E-state index contributed by atoms with van der Waals surface area (Å²) in [7, 11) is 0. The van der Waals surface area contributed by atoms with E-state index >= 15 is 0 Å². The van der Waals surface area contributed by atoms with Crippen molar-refractivity contribution in [3.8, 4) is 33.1 Å². The Morgan fingerprint density at radius 2 is 1.82 bits per heavy atom. The Bertz CT molecular complexity index is 1820. The smallest absolute Gasteiger partial charge is 0.116 e. The van der Waals surface area contributed by atoms with Gasteiger partial charge in [0.2, 0.25) is 0 Å². The van der Waals surface area contributed by atoms with Crippen LogP contribution in [0.25, 0.3) is 54.9 Å². The van der Waals surface area contributed by atoms with Crippen LogP contribution in [-0.4, -0.2) is 31.7 Å². The minimum absolute atomic E-state index is 0.780. The van der Waals surface area contributed by atoms with Crippen molar-refractivity contribution in [2.24, 2.45) is 5.92 Å². The highest BCUT2D eigenvalue weighted by atomic mass is 32.1. The molecule has 2 aliphatic rings. The van der Waals surface area contributed by atoms with Crippen molar-refractivity contribution in [1.82, 2.24) is 30.5 Å². The van der Waals surface area contributed by atoms with Crippen molar-refractivity contribution >= 4 is 33.1 Å². The zero-order chi connectivity index (χ0) is 26.5. The first-order valence-electron chi connectivity index (χ1n) is 14.5. The molecule has 0 radical (unpaired) electrons. The fourth-order valence-corrected chi connectivity index (χ4v) is 7.44. The van der Waals surface area contributed by atoms with Crippen LogP contribution in [0.15, 0.2) is 67.1 Å². The number of nitrogens with zero attached hydrogens (tertiary/aromatic N) is 3. The number of pyridine rings is 2. The van der Waals surface area contributed by atoms with Gasteiger partial charge in [0, 0.05) is 56.1 Å². The van der Waals surface area contributed by atoms with Gasteiger partial charge in [0.1, 0.15) is 5.69 Å². The standard InChI is InChI=1S/C33H32N6S/c1-2-5-20(4-1)15-34-16-21-12-23(18-35-17-21)28-14-26-30(19-36-28)38-39-33(26)29-13-25-24(6-3-7-27(25)37-29)32-11-10-31(40-32)22-8-9-22/h3,6-7,10-14,17-20,22,34,37H,1-2,4-5,8-9,15-16H2,(H,38,39). The molecule has 8 rings (SSSR count). The summed E-state index contributed by atoms with van der Waals surface area (Å²) < 4.78 is 0. The second-order valence-electron chi connectivity index (χ2n) is 11.5. The molecule has 40 heavy (non-hydrogen) atoms. The van der Waals surface area contributed by atoms with Gasteiger partial charge in [-0.05, 0) is 86.0 Å². The molecule has 0 spiro atoms. The first kappa shape index (κ1) is 24.0. The van der Waals surface area contributed by atoms with Crippen LogP contribution in [0.2, 0.25) is 0 Å². The molecule has 2 fully saturated rings. The first-order valence-corrected chi connectivity index (χ1v) is 15.3. The van der Waals surface area contributed by atoms with Crippen molar-refractivity contribution in [1.29, 1.82) is 0 Å². The summed E-state index contributed by atoms with van der Waals surface area (Å²) in [4.78, 5) is 15.8. The maximum absolute atomic E-state index is 4.75. The number of aromatic amines is 2. The molecule has 200 valence electrons. The lowest BCUT2D eigenvalue weighted by Gasteiger charge is -2.11. The monoisotopic (exact) mass is 544 g/mol. The van der Waals surface area contributed by atoms with Gasteiger partial charge >= 0.3 is 0 Å². The molecule has 0 aliphatic heterocycles. The highest BCUT2D eigenvalue weighted by Crippen LogP contribution is 2.46. The van der Waals surface area contributed by atoms with Gasteiger partial charge in [-0.3, -0.25) is 15.1 Å². The number of aromatic nitrogens is 5. The Hall–Kier alpha value is -3.81. The van der Waals surface area contributed by atoms with Crippen LogP contribution in [0.5, 0.6) is 0 Å². The highest BCUT2D eigenvalue weighted by molar-refractivity contribution is 7.15. The predicted molar refractivity (Wildman–Crippen MR) is 163 cm³/mol. The molecule has 0 atom stereocenters. The molecule has 5 heterocycles. The molecule has 7 heteroatoms. The number of fused-ring (bicyclic) bond motifs is 2.